The Morgan fingerprint density at radius 1 is 1.29 bits per heavy atom. The summed E-state index contributed by atoms with van der Waals surface area (Å²) in [5, 5.41) is 0.731. The zero-order chi connectivity index (χ0) is 12.8. The summed E-state index contributed by atoms with van der Waals surface area (Å²) in [6.07, 6.45) is 0.0548. The van der Waals surface area contributed by atoms with Crippen LogP contribution >= 0.6 is 23.2 Å². The van der Waals surface area contributed by atoms with Crippen LogP contribution in [0.4, 0.5) is 0 Å². The molecule has 2 N–H and O–H groups in total. The summed E-state index contributed by atoms with van der Waals surface area (Å²) in [5.74, 6) is 0.0373. The second kappa shape index (κ2) is 6.69. The molecule has 6 heteroatoms. The van der Waals surface area contributed by atoms with Gasteiger partial charge in [-0.25, -0.2) is 0 Å². The van der Waals surface area contributed by atoms with Gasteiger partial charge in [-0.3, -0.25) is 4.79 Å². The number of benzene rings is 1. The van der Waals surface area contributed by atoms with Gasteiger partial charge in [0.15, 0.2) is 0 Å². The molecule has 0 fully saturated rings. The van der Waals surface area contributed by atoms with Crippen molar-refractivity contribution in [2.45, 2.75) is 6.42 Å². The van der Waals surface area contributed by atoms with Gasteiger partial charge in [0.25, 0.3) is 0 Å². The fraction of sp³-hybridized carbons (Fsp3) is 0.364. The lowest BCUT2D eigenvalue weighted by molar-refractivity contribution is -0.117. The molecule has 0 aliphatic rings. The highest BCUT2D eigenvalue weighted by molar-refractivity contribution is 6.42. The van der Waals surface area contributed by atoms with E-state index in [2.05, 4.69) is 0 Å². The molecule has 94 valence electrons. The number of hydrogen-bond donors (Lipinski definition) is 1. The Kier molecular flexibility index (Phi) is 5.55. The Morgan fingerprint density at radius 2 is 1.94 bits per heavy atom. The number of carbonyl (C=O) groups is 1. The van der Waals surface area contributed by atoms with Crippen LogP contribution < -0.4 is 10.5 Å². The second-order valence-electron chi connectivity index (χ2n) is 3.36. The Balaban J connectivity index is 2.90. The minimum Gasteiger partial charge on any atom is -0.491 e. The number of ether oxygens (including phenoxy) is 2. The smallest absolute Gasteiger partial charge is 0.221 e. The summed E-state index contributed by atoms with van der Waals surface area (Å²) in [6.45, 7) is 0.802. The van der Waals surface area contributed by atoms with Crippen molar-refractivity contribution < 1.29 is 14.3 Å². The molecular weight excluding hydrogens is 265 g/mol. The zero-order valence-corrected chi connectivity index (χ0v) is 10.8. The number of halogens is 2. The zero-order valence-electron chi connectivity index (χ0n) is 9.33. The van der Waals surface area contributed by atoms with Crippen LogP contribution in [0, 0.1) is 0 Å². The molecule has 1 aromatic carbocycles. The lowest BCUT2D eigenvalue weighted by Crippen LogP contribution is -2.15. The normalized spacial score (nSPS) is 10.3. The molecule has 0 bridgehead atoms. The Morgan fingerprint density at radius 3 is 2.53 bits per heavy atom. The van der Waals surface area contributed by atoms with E-state index in [4.69, 9.17) is 38.4 Å². The van der Waals surface area contributed by atoms with Gasteiger partial charge < -0.3 is 15.2 Å². The molecule has 0 saturated carbocycles. The monoisotopic (exact) mass is 277 g/mol. The van der Waals surface area contributed by atoms with E-state index in [9.17, 15) is 4.79 Å². The molecule has 1 aromatic rings. The van der Waals surface area contributed by atoms with E-state index < -0.39 is 5.91 Å². The van der Waals surface area contributed by atoms with Crippen LogP contribution in [0.1, 0.15) is 5.56 Å². The van der Waals surface area contributed by atoms with Crippen molar-refractivity contribution in [2.75, 3.05) is 20.3 Å². The third-order valence-corrected chi connectivity index (χ3v) is 2.74. The van der Waals surface area contributed by atoms with Crippen molar-refractivity contribution in [3.8, 4) is 5.75 Å². The van der Waals surface area contributed by atoms with Crippen LogP contribution in [0.5, 0.6) is 5.75 Å². The van der Waals surface area contributed by atoms with Crippen molar-refractivity contribution in [1.82, 2.24) is 0 Å². The molecule has 1 rings (SSSR count). The number of amides is 1. The molecular formula is C11H13Cl2NO3. The molecule has 0 radical (unpaired) electrons. The number of methoxy groups -OCH3 is 1. The topological polar surface area (TPSA) is 61.6 Å². The van der Waals surface area contributed by atoms with E-state index in [1.807, 2.05) is 0 Å². The fourth-order valence-electron chi connectivity index (χ4n) is 1.26. The average Bonchev–Trinajstić information content (AvgIpc) is 2.24. The van der Waals surface area contributed by atoms with Gasteiger partial charge in [-0.2, -0.15) is 0 Å². The highest BCUT2D eigenvalue weighted by atomic mass is 35.5. The Hall–Kier alpha value is -0.970. The summed E-state index contributed by atoms with van der Waals surface area (Å²) < 4.78 is 10.3. The lowest BCUT2D eigenvalue weighted by atomic mass is 10.1. The summed E-state index contributed by atoms with van der Waals surface area (Å²) >= 11 is 11.7. The van der Waals surface area contributed by atoms with Crippen LogP contribution in [0.3, 0.4) is 0 Å². The summed E-state index contributed by atoms with van der Waals surface area (Å²) in [5.41, 5.74) is 5.75. The van der Waals surface area contributed by atoms with Gasteiger partial charge >= 0.3 is 0 Å². The van der Waals surface area contributed by atoms with Gasteiger partial charge in [0.2, 0.25) is 5.91 Å². The molecule has 4 nitrogen and oxygen atoms in total. The predicted molar refractivity (Wildman–Crippen MR) is 66.7 cm³/mol. The van der Waals surface area contributed by atoms with Gasteiger partial charge in [-0.15, -0.1) is 0 Å². The molecule has 0 saturated heterocycles. The van der Waals surface area contributed by atoms with Crippen molar-refractivity contribution in [1.29, 1.82) is 0 Å². The highest BCUT2D eigenvalue weighted by Crippen LogP contribution is 2.30. The molecule has 0 atom stereocenters. The van der Waals surface area contributed by atoms with Crippen LogP contribution in [0.25, 0.3) is 0 Å². The van der Waals surface area contributed by atoms with Crippen LogP contribution in [-0.4, -0.2) is 26.2 Å². The highest BCUT2D eigenvalue weighted by Gasteiger charge is 2.11. The summed E-state index contributed by atoms with van der Waals surface area (Å²) in [6, 6.07) is 3.15. The number of rotatable bonds is 6. The summed E-state index contributed by atoms with van der Waals surface area (Å²) in [7, 11) is 1.57. The van der Waals surface area contributed by atoms with E-state index in [-0.39, 0.29) is 6.42 Å². The van der Waals surface area contributed by atoms with Gasteiger partial charge in [-0.1, -0.05) is 23.2 Å². The predicted octanol–water partition coefficient (Wildman–Crippen LogP) is 2.05. The van der Waals surface area contributed by atoms with Gasteiger partial charge in [0.1, 0.15) is 12.4 Å². The van der Waals surface area contributed by atoms with Crippen LogP contribution in [-0.2, 0) is 16.0 Å². The van der Waals surface area contributed by atoms with Crippen LogP contribution in [0.15, 0.2) is 12.1 Å². The molecule has 0 heterocycles. The Labute approximate surface area is 110 Å². The van der Waals surface area contributed by atoms with Gasteiger partial charge in [0.05, 0.1) is 23.1 Å². The van der Waals surface area contributed by atoms with Crippen molar-refractivity contribution in [3.63, 3.8) is 0 Å². The van der Waals surface area contributed by atoms with Crippen molar-refractivity contribution in [2.24, 2.45) is 5.73 Å². The standard InChI is InChI=1S/C11H13Cl2NO3/c1-16-2-3-17-10-6-9(13)8(12)4-7(10)5-11(14)15/h4,6H,2-3,5H2,1H3,(H2,14,15). The molecule has 0 aromatic heterocycles. The first-order chi connectivity index (χ1) is 8.04. The minimum absolute atomic E-state index is 0.0548. The maximum absolute atomic E-state index is 10.9. The minimum atomic E-state index is -0.458. The maximum atomic E-state index is 10.9. The number of nitrogens with two attached hydrogens (primary N) is 1. The SMILES string of the molecule is COCCOc1cc(Cl)c(Cl)cc1CC(N)=O. The van der Waals surface area contributed by atoms with Crippen molar-refractivity contribution >= 4 is 29.1 Å². The number of carbonyl (C=O) groups excluding carboxylic acids is 1. The third-order valence-electron chi connectivity index (χ3n) is 2.01. The average molecular weight is 278 g/mol. The van der Waals surface area contributed by atoms with E-state index in [0.717, 1.165) is 0 Å². The van der Waals surface area contributed by atoms with E-state index >= 15 is 0 Å². The first kappa shape index (κ1) is 14.1. The quantitative estimate of drug-likeness (QED) is 0.810. The molecule has 17 heavy (non-hydrogen) atoms. The maximum Gasteiger partial charge on any atom is 0.221 e. The van der Waals surface area contributed by atoms with Crippen LogP contribution in [0.2, 0.25) is 10.0 Å². The van der Waals surface area contributed by atoms with E-state index in [1.165, 1.54) is 0 Å². The lowest BCUT2D eigenvalue weighted by Gasteiger charge is -2.11. The number of hydrogen-bond acceptors (Lipinski definition) is 3. The first-order valence-corrected chi connectivity index (χ1v) is 5.68. The molecule has 1 amide bonds. The molecule has 0 unspecified atom stereocenters. The van der Waals surface area contributed by atoms with Crippen molar-refractivity contribution in [3.05, 3.63) is 27.7 Å². The third kappa shape index (κ3) is 4.42. The number of primary amides is 1. The van der Waals surface area contributed by atoms with E-state index in [1.54, 1.807) is 19.2 Å². The first-order valence-electron chi connectivity index (χ1n) is 4.92. The molecule has 0 spiro atoms. The Bertz CT molecular complexity index is 410. The second-order valence-corrected chi connectivity index (χ2v) is 4.17. The fourth-order valence-corrected chi connectivity index (χ4v) is 1.60. The summed E-state index contributed by atoms with van der Waals surface area (Å²) in [4.78, 5) is 10.9. The van der Waals surface area contributed by atoms with Gasteiger partial charge in [-0.05, 0) is 6.07 Å². The largest absolute Gasteiger partial charge is 0.491 e. The van der Waals surface area contributed by atoms with Gasteiger partial charge in [0, 0.05) is 18.7 Å². The molecule has 0 aliphatic carbocycles. The van der Waals surface area contributed by atoms with E-state index in [0.29, 0.717) is 34.6 Å². The molecule has 0 aliphatic heterocycles.